The van der Waals surface area contributed by atoms with E-state index in [1.165, 1.54) is 41.9 Å². The summed E-state index contributed by atoms with van der Waals surface area (Å²) in [5.74, 6) is 0.623. The number of thiazole rings is 2. The third-order valence-corrected chi connectivity index (χ3v) is 8.41. The van der Waals surface area contributed by atoms with Crippen LogP contribution >= 0.6 is 22.7 Å². The molecule has 4 aromatic rings. The van der Waals surface area contributed by atoms with Crippen LogP contribution in [0.25, 0.3) is 20.4 Å². The van der Waals surface area contributed by atoms with E-state index in [1.807, 2.05) is 57.7 Å². The second-order valence-electron chi connectivity index (χ2n) is 9.05. The maximum Gasteiger partial charge on any atom is 0.309 e. The molecular formula is C27H35N3O3S2. The maximum absolute atomic E-state index is 12.8. The molecule has 0 saturated carbocycles. The molecular weight excluding hydrogens is 478 g/mol. The van der Waals surface area contributed by atoms with E-state index in [0.29, 0.717) is 25.9 Å². The standard InChI is InChI=1S/C27H35N3O3S2/c1-3-5-11-21(4-2)18-33-17-10-16-28(19-29-22-12-6-8-14-24(22)34-26(29)31)20-30-23-13-7-9-15-25(23)35-27(30)32/h6-9,12-15,21H,3-5,10-11,16-20H2,1-2H3. The van der Waals surface area contributed by atoms with Gasteiger partial charge in [-0.2, -0.15) is 0 Å². The minimum Gasteiger partial charge on any atom is -0.381 e. The summed E-state index contributed by atoms with van der Waals surface area (Å²) in [6, 6.07) is 15.8. The highest BCUT2D eigenvalue weighted by Crippen LogP contribution is 2.20. The Morgan fingerprint density at radius 3 is 1.97 bits per heavy atom. The van der Waals surface area contributed by atoms with Crippen molar-refractivity contribution in [3.63, 3.8) is 0 Å². The Morgan fingerprint density at radius 1 is 0.857 bits per heavy atom. The van der Waals surface area contributed by atoms with Crippen LogP contribution in [0.2, 0.25) is 0 Å². The number of nitrogens with zero attached hydrogens (tertiary/aromatic N) is 3. The van der Waals surface area contributed by atoms with Crippen LogP contribution in [0.4, 0.5) is 0 Å². The number of hydrogen-bond acceptors (Lipinski definition) is 6. The first-order valence-corrected chi connectivity index (χ1v) is 14.2. The van der Waals surface area contributed by atoms with Gasteiger partial charge in [-0.05, 0) is 43.0 Å². The monoisotopic (exact) mass is 513 g/mol. The van der Waals surface area contributed by atoms with Crippen LogP contribution < -0.4 is 9.75 Å². The summed E-state index contributed by atoms with van der Waals surface area (Å²) in [5, 5.41) is 0. The van der Waals surface area contributed by atoms with Crippen molar-refractivity contribution in [3.8, 4) is 0 Å². The number of hydrogen-bond donors (Lipinski definition) is 0. The number of rotatable bonds is 14. The van der Waals surface area contributed by atoms with Gasteiger partial charge in [-0.3, -0.25) is 23.6 Å². The molecule has 0 aliphatic heterocycles. The Labute approximate surface area is 214 Å². The fourth-order valence-corrected chi connectivity index (χ4v) is 6.19. The molecule has 8 heteroatoms. The van der Waals surface area contributed by atoms with E-state index in [4.69, 9.17) is 4.74 Å². The molecule has 0 radical (unpaired) electrons. The minimum atomic E-state index is 0.0247. The number of fused-ring (bicyclic) bond motifs is 2. The smallest absolute Gasteiger partial charge is 0.309 e. The third-order valence-electron chi connectivity index (χ3n) is 6.49. The first-order valence-electron chi connectivity index (χ1n) is 12.6. The SMILES string of the molecule is CCCCC(CC)COCCCN(Cn1c(=O)sc2ccccc21)Cn1c(=O)sc2ccccc21. The average Bonchev–Trinajstić information content (AvgIpc) is 3.36. The number of ether oxygens (including phenoxy) is 1. The predicted molar refractivity (Wildman–Crippen MR) is 148 cm³/mol. The van der Waals surface area contributed by atoms with Gasteiger partial charge >= 0.3 is 9.75 Å². The Hall–Kier alpha value is -2.26. The zero-order chi connectivity index (χ0) is 24.6. The molecule has 0 N–H and O–H groups in total. The van der Waals surface area contributed by atoms with Gasteiger partial charge in [0.15, 0.2) is 0 Å². The van der Waals surface area contributed by atoms with Crippen molar-refractivity contribution in [1.29, 1.82) is 0 Å². The summed E-state index contributed by atoms with van der Waals surface area (Å²) in [6.45, 7) is 7.56. The van der Waals surface area contributed by atoms with Gasteiger partial charge in [0.1, 0.15) is 0 Å². The van der Waals surface area contributed by atoms with Gasteiger partial charge in [-0.1, -0.05) is 80.0 Å². The van der Waals surface area contributed by atoms with Gasteiger partial charge in [-0.15, -0.1) is 0 Å². The predicted octanol–water partition coefficient (Wildman–Crippen LogP) is 5.98. The first kappa shape index (κ1) is 25.8. The fraction of sp³-hybridized carbons (Fsp3) is 0.481. The lowest BCUT2D eigenvalue weighted by atomic mass is 10.0. The molecule has 4 rings (SSSR count). The molecule has 2 aromatic heterocycles. The van der Waals surface area contributed by atoms with E-state index < -0.39 is 0 Å². The summed E-state index contributed by atoms with van der Waals surface area (Å²) in [4.78, 5) is 27.8. The van der Waals surface area contributed by atoms with Crippen molar-refractivity contribution >= 4 is 43.1 Å². The highest BCUT2D eigenvalue weighted by molar-refractivity contribution is 7.16. The molecule has 35 heavy (non-hydrogen) atoms. The largest absolute Gasteiger partial charge is 0.381 e. The molecule has 2 aromatic carbocycles. The lowest BCUT2D eigenvalue weighted by molar-refractivity contribution is 0.0776. The van der Waals surface area contributed by atoms with Gasteiger partial charge in [0.05, 0.1) is 33.8 Å². The summed E-state index contributed by atoms with van der Waals surface area (Å²) >= 11 is 2.54. The van der Waals surface area contributed by atoms with Crippen molar-refractivity contribution in [3.05, 3.63) is 67.9 Å². The Kier molecular flexibility index (Phi) is 9.31. The number of unbranched alkanes of at least 4 members (excludes halogenated alkanes) is 1. The van der Waals surface area contributed by atoms with Crippen LogP contribution in [0.5, 0.6) is 0 Å². The van der Waals surface area contributed by atoms with Gasteiger partial charge in [0, 0.05) is 19.8 Å². The van der Waals surface area contributed by atoms with Crippen LogP contribution in [0.15, 0.2) is 58.1 Å². The molecule has 0 spiro atoms. The lowest BCUT2D eigenvalue weighted by Gasteiger charge is -2.24. The van der Waals surface area contributed by atoms with E-state index in [1.54, 1.807) is 0 Å². The van der Waals surface area contributed by atoms with Crippen molar-refractivity contribution in [2.45, 2.75) is 59.3 Å². The Balaban J connectivity index is 1.47. The second kappa shape index (κ2) is 12.6. The average molecular weight is 514 g/mol. The van der Waals surface area contributed by atoms with Crippen LogP contribution in [0.3, 0.4) is 0 Å². The third kappa shape index (κ3) is 6.50. The molecule has 1 atom stereocenters. The van der Waals surface area contributed by atoms with E-state index in [2.05, 4.69) is 18.7 Å². The summed E-state index contributed by atoms with van der Waals surface area (Å²) in [7, 11) is 0. The maximum atomic E-state index is 12.8. The summed E-state index contributed by atoms with van der Waals surface area (Å²) in [6.07, 6.45) is 5.69. The normalized spacial score (nSPS) is 12.8. The molecule has 1 unspecified atom stereocenters. The van der Waals surface area contributed by atoms with Gasteiger partial charge in [-0.25, -0.2) is 0 Å². The van der Waals surface area contributed by atoms with Crippen molar-refractivity contribution in [1.82, 2.24) is 14.0 Å². The molecule has 0 amide bonds. The Bertz CT molecular complexity index is 1250. The first-order chi connectivity index (χ1) is 17.1. The summed E-state index contributed by atoms with van der Waals surface area (Å²) in [5.41, 5.74) is 1.88. The molecule has 0 fully saturated rings. The topological polar surface area (TPSA) is 56.5 Å². The highest BCUT2D eigenvalue weighted by atomic mass is 32.1. The van der Waals surface area contributed by atoms with Gasteiger partial charge in [0.2, 0.25) is 0 Å². The minimum absolute atomic E-state index is 0.0247. The van der Waals surface area contributed by atoms with Crippen LogP contribution in [-0.4, -0.2) is 33.8 Å². The Morgan fingerprint density at radius 2 is 1.43 bits per heavy atom. The lowest BCUT2D eigenvalue weighted by Crippen LogP contribution is -2.35. The van der Waals surface area contributed by atoms with E-state index in [9.17, 15) is 9.59 Å². The summed E-state index contributed by atoms with van der Waals surface area (Å²) < 4.78 is 11.6. The number of aromatic nitrogens is 2. The van der Waals surface area contributed by atoms with E-state index >= 15 is 0 Å². The van der Waals surface area contributed by atoms with Crippen LogP contribution in [-0.2, 0) is 18.1 Å². The van der Waals surface area contributed by atoms with Crippen LogP contribution in [0, 0.1) is 5.92 Å². The van der Waals surface area contributed by atoms with Crippen molar-refractivity contribution in [2.75, 3.05) is 19.8 Å². The molecule has 0 aliphatic rings. The highest BCUT2D eigenvalue weighted by Gasteiger charge is 2.15. The van der Waals surface area contributed by atoms with Crippen molar-refractivity contribution in [2.24, 2.45) is 5.92 Å². The molecule has 0 bridgehead atoms. The second-order valence-corrected chi connectivity index (χ2v) is 11.0. The van der Waals surface area contributed by atoms with Gasteiger partial charge in [0.25, 0.3) is 0 Å². The number of para-hydroxylation sites is 2. The number of benzene rings is 2. The molecule has 0 saturated heterocycles. The molecule has 188 valence electrons. The molecule has 6 nitrogen and oxygen atoms in total. The van der Waals surface area contributed by atoms with Gasteiger partial charge < -0.3 is 4.74 Å². The van der Waals surface area contributed by atoms with Crippen molar-refractivity contribution < 1.29 is 4.74 Å². The van der Waals surface area contributed by atoms with Crippen LogP contribution in [0.1, 0.15) is 46.0 Å². The zero-order valence-corrected chi connectivity index (χ0v) is 22.3. The quantitative estimate of drug-likeness (QED) is 0.195. The zero-order valence-electron chi connectivity index (χ0n) is 20.7. The fourth-order valence-electron chi connectivity index (χ4n) is 4.42. The van der Waals surface area contributed by atoms with E-state index in [-0.39, 0.29) is 9.75 Å². The molecule has 0 aliphatic carbocycles. The molecule has 2 heterocycles. The van der Waals surface area contributed by atoms with E-state index in [0.717, 1.165) is 46.4 Å².